The van der Waals surface area contributed by atoms with Crippen LogP contribution in [-0.4, -0.2) is 37.9 Å². The van der Waals surface area contributed by atoms with Crippen LogP contribution in [0, 0.1) is 0 Å². The summed E-state index contributed by atoms with van der Waals surface area (Å²) in [7, 11) is 2.01. The van der Waals surface area contributed by atoms with Gasteiger partial charge in [-0.15, -0.1) is 10.2 Å². The molecule has 1 N–H and O–H groups in total. The normalized spacial score (nSPS) is 11.6. The number of hydrogen-bond donors (Lipinski definition) is 1. The highest BCUT2D eigenvalue weighted by molar-refractivity contribution is 6.30. The van der Waals surface area contributed by atoms with Gasteiger partial charge in [0.2, 0.25) is 0 Å². The lowest BCUT2D eigenvalue weighted by Crippen LogP contribution is -2.26. The van der Waals surface area contributed by atoms with E-state index in [9.17, 15) is 0 Å². The van der Waals surface area contributed by atoms with E-state index in [1.165, 1.54) is 0 Å². The van der Waals surface area contributed by atoms with Crippen molar-refractivity contribution in [2.24, 2.45) is 7.05 Å². The fraction of sp³-hybridized carbons (Fsp3) is 0.529. The average Bonchev–Trinajstić information content (AvgIpc) is 2.86. The lowest BCUT2D eigenvalue weighted by atomic mass is 10.2. The number of aromatic nitrogens is 3. The van der Waals surface area contributed by atoms with Crippen LogP contribution in [0.2, 0.25) is 5.02 Å². The number of nitrogens with zero attached hydrogens (tertiary/aromatic N) is 4. The number of benzene rings is 1. The van der Waals surface area contributed by atoms with Crippen molar-refractivity contribution in [2.75, 3.05) is 13.2 Å². The van der Waals surface area contributed by atoms with Gasteiger partial charge in [0.25, 0.3) is 0 Å². The molecule has 0 saturated heterocycles. The van der Waals surface area contributed by atoms with E-state index < -0.39 is 0 Å². The molecule has 2 rings (SSSR count). The largest absolute Gasteiger partial charge is 0.396 e. The molecule has 1 aromatic heterocycles. The van der Waals surface area contributed by atoms with Crippen molar-refractivity contribution in [2.45, 2.75) is 39.3 Å². The molecule has 0 aliphatic carbocycles. The molecule has 0 fully saturated rings. The van der Waals surface area contributed by atoms with Crippen molar-refractivity contribution in [3.05, 3.63) is 46.5 Å². The van der Waals surface area contributed by atoms with Gasteiger partial charge in [0.1, 0.15) is 11.6 Å². The fourth-order valence-electron chi connectivity index (χ4n) is 2.62. The van der Waals surface area contributed by atoms with E-state index in [1.54, 1.807) is 0 Å². The molecule has 0 bridgehead atoms. The van der Waals surface area contributed by atoms with Crippen molar-refractivity contribution in [3.63, 3.8) is 0 Å². The van der Waals surface area contributed by atoms with Crippen LogP contribution in [0.1, 0.15) is 43.4 Å². The summed E-state index contributed by atoms with van der Waals surface area (Å²) in [5.74, 6) is 2.28. The summed E-state index contributed by atoms with van der Waals surface area (Å²) in [5.41, 5.74) is 1.15. The smallest absolute Gasteiger partial charge is 0.146 e. The molecular weight excluding hydrogens is 312 g/mol. The van der Waals surface area contributed by atoms with E-state index in [1.807, 2.05) is 25.2 Å². The molecule has 0 amide bonds. The first-order valence-electron chi connectivity index (χ1n) is 7.97. The summed E-state index contributed by atoms with van der Waals surface area (Å²) in [6.07, 6.45) is 0.732. The molecule has 0 spiro atoms. The molecule has 23 heavy (non-hydrogen) atoms. The molecule has 126 valence electrons. The van der Waals surface area contributed by atoms with Gasteiger partial charge in [0.15, 0.2) is 0 Å². The molecule has 1 heterocycles. The van der Waals surface area contributed by atoms with Crippen molar-refractivity contribution in [1.82, 2.24) is 19.7 Å². The maximum Gasteiger partial charge on any atom is 0.146 e. The van der Waals surface area contributed by atoms with Crippen LogP contribution in [0.4, 0.5) is 0 Å². The van der Waals surface area contributed by atoms with E-state index in [0.717, 1.165) is 41.7 Å². The molecule has 0 aliphatic rings. The number of hydrogen-bond acceptors (Lipinski definition) is 4. The Hall–Kier alpha value is -1.43. The molecule has 0 saturated carbocycles. The Morgan fingerprint density at radius 1 is 1.26 bits per heavy atom. The molecule has 0 atom stereocenters. The van der Waals surface area contributed by atoms with Crippen LogP contribution in [0.5, 0.6) is 0 Å². The van der Waals surface area contributed by atoms with Gasteiger partial charge < -0.3 is 9.67 Å². The van der Waals surface area contributed by atoms with Crippen LogP contribution in [-0.2, 0) is 20.1 Å². The maximum absolute atomic E-state index is 9.14. The van der Waals surface area contributed by atoms with Gasteiger partial charge in [-0.2, -0.15) is 0 Å². The quantitative estimate of drug-likeness (QED) is 0.805. The zero-order chi connectivity index (χ0) is 16.8. The fourth-order valence-corrected chi connectivity index (χ4v) is 2.83. The van der Waals surface area contributed by atoms with Gasteiger partial charge in [-0.3, -0.25) is 4.90 Å². The molecule has 1 aromatic carbocycles. The Morgan fingerprint density at radius 3 is 2.65 bits per heavy atom. The second kappa shape index (κ2) is 8.43. The molecule has 0 aliphatic heterocycles. The summed E-state index contributed by atoms with van der Waals surface area (Å²) >= 11 is 6.07. The Balaban J connectivity index is 2.12. The summed E-state index contributed by atoms with van der Waals surface area (Å²) < 4.78 is 2.06. The van der Waals surface area contributed by atoms with Gasteiger partial charge in [-0.25, -0.2) is 0 Å². The minimum absolute atomic E-state index is 0.183. The van der Waals surface area contributed by atoms with Gasteiger partial charge in [-0.1, -0.05) is 37.6 Å². The third-order valence-electron chi connectivity index (χ3n) is 3.81. The molecule has 5 nitrogen and oxygen atoms in total. The Morgan fingerprint density at radius 2 is 2.04 bits per heavy atom. The van der Waals surface area contributed by atoms with Crippen LogP contribution < -0.4 is 0 Å². The van der Waals surface area contributed by atoms with E-state index in [-0.39, 0.29) is 6.61 Å². The topological polar surface area (TPSA) is 54.2 Å². The standard InChI is InChI=1S/C17H25ClN4O/c1-13(2)17-20-19-16(21(17)3)12-22(8-5-9-23)11-14-6-4-7-15(18)10-14/h4,6-7,10,13,23H,5,8-9,11-12H2,1-3H3. The molecular formula is C17H25ClN4O. The SMILES string of the molecule is CC(C)c1nnc(CN(CCCO)Cc2cccc(Cl)c2)n1C. The highest BCUT2D eigenvalue weighted by Crippen LogP contribution is 2.16. The van der Waals surface area contributed by atoms with Gasteiger partial charge >= 0.3 is 0 Å². The minimum Gasteiger partial charge on any atom is -0.396 e. The summed E-state index contributed by atoms with van der Waals surface area (Å²) in [6.45, 7) is 6.68. The second-order valence-corrected chi connectivity index (χ2v) is 6.54. The molecule has 6 heteroatoms. The third-order valence-corrected chi connectivity index (χ3v) is 4.04. The zero-order valence-electron chi connectivity index (χ0n) is 14.0. The number of aliphatic hydroxyl groups excluding tert-OH is 1. The summed E-state index contributed by atoms with van der Waals surface area (Å²) in [5, 5.41) is 18.5. The highest BCUT2D eigenvalue weighted by atomic mass is 35.5. The zero-order valence-corrected chi connectivity index (χ0v) is 14.8. The van der Waals surface area contributed by atoms with Crippen LogP contribution in [0.15, 0.2) is 24.3 Å². The van der Waals surface area contributed by atoms with Gasteiger partial charge in [-0.05, 0) is 24.1 Å². The maximum atomic E-state index is 9.14. The van der Waals surface area contributed by atoms with Crippen LogP contribution in [0.3, 0.4) is 0 Å². The van der Waals surface area contributed by atoms with E-state index >= 15 is 0 Å². The number of aliphatic hydroxyl groups is 1. The highest BCUT2D eigenvalue weighted by Gasteiger charge is 2.15. The van der Waals surface area contributed by atoms with Gasteiger partial charge in [0.05, 0.1) is 6.54 Å². The predicted octanol–water partition coefficient (Wildman–Crippen LogP) is 2.98. The van der Waals surface area contributed by atoms with Crippen molar-refractivity contribution in [1.29, 1.82) is 0 Å². The van der Waals surface area contributed by atoms with Crippen molar-refractivity contribution < 1.29 is 5.11 Å². The summed E-state index contributed by atoms with van der Waals surface area (Å²) in [6, 6.07) is 7.87. The van der Waals surface area contributed by atoms with Crippen LogP contribution >= 0.6 is 11.6 Å². The lowest BCUT2D eigenvalue weighted by Gasteiger charge is -2.22. The average molecular weight is 337 g/mol. The monoisotopic (exact) mass is 336 g/mol. The summed E-state index contributed by atoms with van der Waals surface area (Å²) in [4.78, 5) is 2.26. The van der Waals surface area contributed by atoms with Crippen molar-refractivity contribution in [3.8, 4) is 0 Å². The van der Waals surface area contributed by atoms with E-state index in [0.29, 0.717) is 12.5 Å². The third kappa shape index (κ3) is 5.03. The second-order valence-electron chi connectivity index (χ2n) is 6.11. The lowest BCUT2D eigenvalue weighted by molar-refractivity contribution is 0.207. The molecule has 2 aromatic rings. The Bertz CT molecular complexity index is 627. The van der Waals surface area contributed by atoms with Crippen molar-refractivity contribution >= 4 is 11.6 Å². The van der Waals surface area contributed by atoms with Gasteiger partial charge in [0, 0.05) is 37.7 Å². The number of rotatable bonds is 8. The number of halogens is 1. The van der Waals surface area contributed by atoms with Crippen LogP contribution in [0.25, 0.3) is 0 Å². The Kier molecular flexibility index (Phi) is 6.57. The predicted molar refractivity (Wildman–Crippen MR) is 92.4 cm³/mol. The first-order valence-corrected chi connectivity index (χ1v) is 8.35. The Labute approximate surface area is 142 Å². The molecule has 0 unspecified atom stereocenters. The first-order chi connectivity index (χ1) is 11.0. The molecule has 0 radical (unpaired) electrons. The van der Waals surface area contributed by atoms with E-state index in [4.69, 9.17) is 16.7 Å². The van der Waals surface area contributed by atoms with E-state index in [2.05, 4.69) is 39.6 Å². The first kappa shape index (κ1) is 17.9. The minimum atomic E-state index is 0.183.